The fourth-order valence-electron chi connectivity index (χ4n) is 3.98. The number of imidazole rings is 1. The Morgan fingerprint density at radius 3 is 2.62 bits per heavy atom. The number of carbonyl (C=O) groups excluding carboxylic acids is 1. The summed E-state index contributed by atoms with van der Waals surface area (Å²) in [6.45, 7) is 1.61. The van der Waals surface area contributed by atoms with Gasteiger partial charge in [0.25, 0.3) is 5.91 Å². The van der Waals surface area contributed by atoms with Gasteiger partial charge in [0.15, 0.2) is 0 Å². The molecular formula is C22H20FN5O. The molecule has 7 heteroatoms. The van der Waals surface area contributed by atoms with E-state index >= 15 is 0 Å². The van der Waals surface area contributed by atoms with E-state index < -0.39 is 0 Å². The topological polar surface area (TPSA) is 63.4 Å². The zero-order valence-corrected chi connectivity index (χ0v) is 15.9. The third-order valence-corrected chi connectivity index (χ3v) is 5.49. The first-order valence-corrected chi connectivity index (χ1v) is 9.88. The first kappa shape index (κ1) is 17.7. The lowest BCUT2D eigenvalue weighted by molar-refractivity contribution is 0.0762. The number of aromatic nitrogens is 4. The summed E-state index contributed by atoms with van der Waals surface area (Å²) in [6.07, 6.45) is 9.00. The third kappa shape index (κ3) is 3.22. The molecule has 6 nitrogen and oxygen atoms in total. The molecule has 0 saturated carbocycles. The molecule has 1 aliphatic heterocycles. The molecule has 0 unspecified atom stereocenters. The van der Waals surface area contributed by atoms with Crippen LogP contribution in [-0.2, 0) is 0 Å². The minimum atomic E-state index is -0.347. The highest BCUT2D eigenvalue weighted by molar-refractivity contribution is 6.00. The number of pyridine rings is 1. The maximum absolute atomic E-state index is 13.7. The van der Waals surface area contributed by atoms with Crippen molar-refractivity contribution in [2.24, 2.45) is 0 Å². The molecule has 0 radical (unpaired) electrons. The highest BCUT2D eigenvalue weighted by Gasteiger charge is 2.19. The summed E-state index contributed by atoms with van der Waals surface area (Å²) >= 11 is 0. The molecule has 0 aliphatic carbocycles. The number of nitrogens with zero attached hydrogens (tertiary/aromatic N) is 5. The number of halogens is 1. The number of benzene rings is 1. The van der Waals surface area contributed by atoms with E-state index in [1.165, 1.54) is 31.4 Å². The lowest BCUT2D eigenvalue weighted by Gasteiger charge is -2.20. The van der Waals surface area contributed by atoms with Crippen molar-refractivity contribution >= 4 is 22.5 Å². The molecule has 1 amide bonds. The van der Waals surface area contributed by atoms with Gasteiger partial charge in [0.2, 0.25) is 0 Å². The number of hydrogen-bond acceptors (Lipinski definition) is 4. The first-order valence-electron chi connectivity index (χ1n) is 9.88. The van der Waals surface area contributed by atoms with Gasteiger partial charge in [0.1, 0.15) is 17.8 Å². The Labute approximate surface area is 167 Å². The fourth-order valence-corrected chi connectivity index (χ4v) is 3.98. The highest BCUT2D eigenvalue weighted by Crippen LogP contribution is 2.27. The van der Waals surface area contributed by atoms with Crippen molar-refractivity contribution in [1.29, 1.82) is 0 Å². The summed E-state index contributed by atoms with van der Waals surface area (Å²) in [7, 11) is 0. The number of rotatable bonds is 2. The van der Waals surface area contributed by atoms with Gasteiger partial charge < -0.3 is 4.90 Å². The van der Waals surface area contributed by atoms with Crippen LogP contribution in [0.2, 0.25) is 0 Å². The van der Waals surface area contributed by atoms with Crippen LogP contribution in [0.15, 0.2) is 49.1 Å². The van der Waals surface area contributed by atoms with Crippen LogP contribution in [-0.4, -0.2) is 43.2 Å². The van der Waals surface area contributed by atoms with E-state index in [-0.39, 0.29) is 11.7 Å². The second-order valence-corrected chi connectivity index (χ2v) is 7.38. The standard InChI is InChI=1S/C22H20FN5O/c23-16-6-8-20-24-12-19(28(20)13-16)21-17-7-5-15(11-18(17)25-14-26-21)22(29)27-9-3-1-2-4-10-27/h5-8,11-14H,1-4,9-10H2. The normalized spacial score (nSPS) is 15.0. The molecule has 29 heavy (non-hydrogen) atoms. The second-order valence-electron chi connectivity index (χ2n) is 7.38. The smallest absolute Gasteiger partial charge is 0.253 e. The molecule has 4 heterocycles. The van der Waals surface area contributed by atoms with Gasteiger partial charge in [-0.3, -0.25) is 9.20 Å². The largest absolute Gasteiger partial charge is 0.339 e. The molecule has 0 bridgehead atoms. The van der Waals surface area contributed by atoms with Crippen molar-refractivity contribution in [2.45, 2.75) is 25.7 Å². The molecule has 1 fully saturated rings. The fraction of sp³-hybridized carbons (Fsp3) is 0.273. The van der Waals surface area contributed by atoms with Crippen LogP contribution in [0.5, 0.6) is 0 Å². The number of likely N-dealkylation sites (tertiary alicyclic amines) is 1. The van der Waals surface area contributed by atoms with Crippen molar-refractivity contribution in [2.75, 3.05) is 13.1 Å². The molecule has 5 rings (SSSR count). The van der Waals surface area contributed by atoms with Gasteiger partial charge >= 0.3 is 0 Å². The summed E-state index contributed by atoms with van der Waals surface area (Å²) in [5.41, 5.74) is 3.29. The van der Waals surface area contributed by atoms with Gasteiger partial charge in [0, 0.05) is 30.2 Å². The number of amides is 1. The Bertz CT molecular complexity index is 1210. The average Bonchev–Trinajstić information content (AvgIpc) is 2.96. The van der Waals surface area contributed by atoms with Gasteiger partial charge in [-0.25, -0.2) is 19.3 Å². The van der Waals surface area contributed by atoms with E-state index in [4.69, 9.17) is 0 Å². The van der Waals surface area contributed by atoms with E-state index in [1.807, 2.05) is 23.1 Å². The lowest BCUT2D eigenvalue weighted by atomic mass is 10.1. The molecular weight excluding hydrogens is 369 g/mol. The van der Waals surface area contributed by atoms with Crippen LogP contribution in [0.4, 0.5) is 4.39 Å². The van der Waals surface area contributed by atoms with Crippen LogP contribution in [0.3, 0.4) is 0 Å². The Hall–Kier alpha value is -3.35. The van der Waals surface area contributed by atoms with Crippen LogP contribution in [0.1, 0.15) is 36.0 Å². The molecule has 1 aromatic carbocycles. The molecule has 3 aromatic heterocycles. The van der Waals surface area contributed by atoms with Crippen molar-refractivity contribution in [3.63, 3.8) is 0 Å². The molecule has 1 saturated heterocycles. The summed E-state index contributed by atoms with van der Waals surface area (Å²) in [5.74, 6) is -0.300. The predicted octanol–water partition coefficient (Wildman–Crippen LogP) is 4.10. The minimum absolute atomic E-state index is 0.0471. The molecule has 4 aromatic rings. The van der Waals surface area contributed by atoms with Crippen molar-refractivity contribution in [3.8, 4) is 11.4 Å². The van der Waals surface area contributed by atoms with E-state index in [0.717, 1.165) is 31.3 Å². The van der Waals surface area contributed by atoms with Crippen LogP contribution < -0.4 is 0 Å². The van der Waals surface area contributed by atoms with Gasteiger partial charge in [0.05, 0.1) is 23.1 Å². The third-order valence-electron chi connectivity index (χ3n) is 5.49. The molecule has 1 aliphatic rings. The maximum atomic E-state index is 13.7. The predicted molar refractivity (Wildman–Crippen MR) is 108 cm³/mol. The monoisotopic (exact) mass is 389 g/mol. The summed E-state index contributed by atoms with van der Waals surface area (Å²) in [6, 6.07) is 8.52. The number of carbonyl (C=O) groups is 1. The van der Waals surface area contributed by atoms with E-state index in [2.05, 4.69) is 15.0 Å². The summed E-state index contributed by atoms with van der Waals surface area (Å²) in [5, 5.41) is 0.797. The Morgan fingerprint density at radius 1 is 0.966 bits per heavy atom. The maximum Gasteiger partial charge on any atom is 0.253 e. The van der Waals surface area contributed by atoms with Crippen LogP contribution >= 0.6 is 0 Å². The van der Waals surface area contributed by atoms with Crippen LogP contribution in [0, 0.1) is 5.82 Å². The van der Waals surface area contributed by atoms with E-state index in [9.17, 15) is 9.18 Å². The highest BCUT2D eigenvalue weighted by atomic mass is 19.1. The number of hydrogen-bond donors (Lipinski definition) is 0. The Balaban J connectivity index is 1.57. The zero-order chi connectivity index (χ0) is 19.8. The quantitative estimate of drug-likeness (QED) is 0.518. The first-order chi connectivity index (χ1) is 14.2. The molecule has 0 spiro atoms. The van der Waals surface area contributed by atoms with Crippen LogP contribution in [0.25, 0.3) is 27.9 Å². The summed E-state index contributed by atoms with van der Waals surface area (Å²) < 4.78 is 15.4. The van der Waals surface area contributed by atoms with E-state index in [0.29, 0.717) is 28.1 Å². The van der Waals surface area contributed by atoms with Crippen molar-refractivity contribution in [3.05, 3.63) is 60.4 Å². The lowest BCUT2D eigenvalue weighted by Crippen LogP contribution is -2.31. The number of fused-ring (bicyclic) bond motifs is 2. The molecule has 0 atom stereocenters. The summed E-state index contributed by atoms with van der Waals surface area (Å²) in [4.78, 5) is 28.0. The Kier molecular flexibility index (Phi) is 4.42. The minimum Gasteiger partial charge on any atom is -0.339 e. The molecule has 146 valence electrons. The van der Waals surface area contributed by atoms with Gasteiger partial charge in [-0.2, -0.15) is 0 Å². The average molecular weight is 389 g/mol. The van der Waals surface area contributed by atoms with Gasteiger partial charge in [-0.15, -0.1) is 0 Å². The van der Waals surface area contributed by atoms with E-state index in [1.54, 1.807) is 16.7 Å². The second kappa shape index (κ2) is 7.24. The van der Waals surface area contributed by atoms with Gasteiger partial charge in [-0.1, -0.05) is 12.8 Å². The zero-order valence-electron chi connectivity index (χ0n) is 15.9. The van der Waals surface area contributed by atoms with Crippen molar-refractivity contribution in [1.82, 2.24) is 24.3 Å². The van der Waals surface area contributed by atoms with Crippen molar-refractivity contribution < 1.29 is 9.18 Å². The van der Waals surface area contributed by atoms with Gasteiger partial charge in [-0.05, 0) is 43.2 Å². The SMILES string of the molecule is O=C(c1ccc2c(-c3cnc4ccc(F)cn34)ncnc2c1)N1CCCCCC1. The molecule has 0 N–H and O–H groups in total. The Morgan fingerprint density at radius 2 is 1.79 bits per heavy atom.